The number of hydrogen-bond acceptors (Lipinski definition) is 5. The van der Waals surface area contributed by atoms with Crippen molar-refractivity contribution < 1.29 is 14.4 Å². The van der Waals surface area contributed by atoms with E-state index in [1.807, 2.05) is 19.9 Å². The fraction of sp³-hybridized carbons (Fsp3) is 0.182. The van der Waals surface area contributed by atoms with Gasteiger partial charge in [0.25, 0.3) is 11.8 Å². The largest absolute Gasteiger partial charge is 0.326 e. The van der Waals surface area contributed by atoms with Crippen LogP contribution in [0.1, 0.15) is 31.9 Å². The van der Waals surface area contributed by atoms with Crippen LogP contribution >= 0.6 is 11.8 Å². The Bertz CT molecular complexity index is 1050. The number of nitriles is 1. The van der Waals surface area contributed by atoms with Crippen LogP contribution < -0.4 is 10.2 Å². The molecule has 1 heterocycles. The van der Waals surface area contributed by atoms with E-state index < -0.39 is 5.91 Å². The number of thioether (sulfide) groups is 1. The lowest BCUT2D eigenvalue weighted by atomic mass is 10.1. The molecule has 7 heteroatoms. The average molecular weight is 405 g/mol. The summed E-state index contributed by atoms with van der Waals surface area (Å²) in [5.41, 5.74) is 2.43. The number of nitrogens with zero attached hydrogens (tertiary/aromatic N) is 2. The third-order valence-corrected chi connectivity index (χ3v) is 5.23. The highest BCUT2D eigenvalue weighted by Gasteiger charge is 2.40. The van der Waals surface area contributed by atoms with Gasteiger partial charge < -0.3 is 5.32 Å². The monoisotopic (exact) mass is 405 g/mol. The van der Waals surface area contributed by atoms with E-state index in [4.69, 9.17) is 5.26 Å². The predicted molar refractivity (Wildman–Crippen MR) is 114 cm³/mol. The van der Waals surface area contributed by atoms with Crippen LogP contribution in [0.15, 0.2) is 53.4 Å². The Balaban J connectivity index is 2.02. The van der Waals surface area contributed by atoms with Crippen LogP contribution in [-0.2, 0) is 14.4 Å². The number of anilines is 2. The van der Waals surface area contributed by atoms with Gasteiger partial charge in [0.2, 0.25) is 5.91 Å². The Morgan fingerprint density at radius 2 is 1.66 bits per heavy atom. The Hall–Kier alpha value is -3.37. The van der Waals surface area contributed by atoms with E-state index in [9.17, 15) is 14.4 Å². The molecular formula is C22H19N3O3S. The molecular weight excluding hydrogens is 386 g/mol. The lowest BCUT2D eigenvalue weighted by molar-refractivity contribution is -0.120. The van der Waals surface area contributed by atoms with Crippen molar-refractivity contribution in [3.63, 3.8) is 0 Å². The molecule has 1 aliphatic rings. The van der Waals surface area contributed by atoms with Crippen LogP contribution in [0.2, 0.25) is 0 Å². The zero-order valence-electron chi connectivity index (χ0n) is 16.2. The van der Waals surface area contributed by atoms with E-state index in [2.05, 4.69) is 5.32 Å². The van der Waals surface area contributed by atoms with E-state index in [-0.39, 0.29) is 17.1 Å². The number of nitrogens with one attached hydrogen (secondary N) is 1. The Morgan fingerprint density at radius 1 is 1.03 bits per heavy atom. The molecule has 0 spiro atoms. The van der Waals surface area contributed by atoms with E-state index >= 15 is 0 Å². The van der Waals surface area contributed by atoms with Gasteiger partial charge in [0.1, 0.15) is 0 Å². The fourth-order valence-corrected chi connectivity index (χ4v) is 3.94. The molecule has 0 unspecified atom stereocenters. The molecule has 0 bridgehead atoms. The van der Waals surface area contributed by atoms with Crippen molar-refractivity contribution in [3.05, 3.63) is 64.6 Å². The molecule has 1 aliphatic heterocycles. The first kappa shape index (κ1) is 20.4. The standard InChI is InChI=1S/C22H19N3O3S/c1-13(2)29-20-19(16-6-8-17(9-7-16)24-14(3)26)21(27)25(22(20)28)18-10-4-15(12-23)5-11-18/h4-11,13H,1-3H3,(H,24,26). The van der Waals surface area contributed by atoms with Crippen molar-refractivity contribution in [2.75, 3.05) is 10.2 Å². The molecule has 3 rings (SSSR count). The second-order valence-corrected chi connectivity index (χ2v) is 8.32. The minimum atomic E-state index is -0.407. The summed E-state index contributed by atoms with van der Waals surface area (Å²) in [5, 5.41) is 11.8. The summed E-state index contributed by atoms with van der Waals surface area (Å²) in [6.45, 7) is 5.33. The second kappa shape index (κ2) is 8.33. The molecule has 29 heavy (non-hydrogen) atoms. The maximum atomic E-state index is 13.2. The van der Waals surface area contributed by atoms with E-state index in [0.717, 1.165) is 4.90 Å². The highest BCUT2D eigenvalue weighted by molar-refractivity contribution is 8.04. The summed E-state index contributed by atoms with van der Waals surface area (Å²) in [6, 6.07) is 15.2. The number of benzene rings is 2. The van der Waals surface area contributed by atoms with Crippen molar-refractivity contribution in [3.8, 4) is 6.07 Å². The van der Waals surface area contributed by atoms with Gasteiger partial charge in [-0.2, -0.15) is 5.26 Å². The van der Waals surface area contributed by atoms with Gasteiger partial charge in [-0.15, -0.1) is 11.8 Å². The van der Waals surface area contributed by atoms with Crippen LogP contribution in [0.5, 0.6) is 0 Å². The van der Waals surface area contributed by atoms with Gasteiger partial charge in [0, 0.05) is 17.9 Å². The first-order valence-corrected chi connectivity index (χ1v) is 9.87. The van der Waals surface area contributed by atoms with Crippen molar-refractivity contribution in [1.29, 1.82) is 5.26 Å². The number of imide groups is 1. The van der Waals surface area contributed by atoms with E-state index in [1.54, 1.807) is 48.5 Å². The molecule has 0 aliphatic carbocycles. The maximum absolute atomic E-state index is 13.2. The lowest BCUT2D eigenvalue weighted by Crippen LogP contribution is -2.31. The SMILES string of the molecule is CC(=O)Nc1ccc(C2=C(SC(C)C)C(=O)N(c3ccc(C#N)cc3)C2=O)cc1. The molecule has 0 saturated carbocycles. The summed E-state index contributed by atoms with van der Waals surface area (Å²) >= 11 is 1.34. The summed E-state index contributed by atoms with van der Waals surface area (Å²) in [7, 11) is 0. The van der Waals surface area contributed by atoms with Gasteiger partial charge in [-0.05, 0) is 42.0 Å². The number of amides is 3. The number of hydrogen-bond donors (Lipinski definition) is 1. The van der Waals surface area contributed by atoms with Crippen molar-refractivity contribution in [2.24, 2.45) is 0 Å². The first-order valence-electron chi connectivity index (χ1n) is 8.99. The van der Waals surface area contributed by atoms with E-state index in [1.165, 1.54) is 18.7 Å². The molecule has 0 saturated heterocycles. The van der Waals surface area contributed by atoms with Crippen LogP contribution in [-0.4, -0.2) is 23.0 Å². The third-order valence-electron chi connectivity index (χ3n) is 4.14. The molecule has 2 aromatic rings. The normalized spacial score (nSPS) is 13.8. The maximum Gasteiger partial charge on any atom is 0.272 e. The van der Waals surface area contributed by atoms with Gasteiger partial charge in [-0.3, -0.25) is 14.4 Å². The smallest absolute Gasteiger partial charge is 0.272 e. The summed E-state index contributed by atoms with van der Waals surface area (Å²) in [5.74, 6) is -0.971. The van der Waals surface area contributed by atoms with Crippen LogP contribution in [0, 0.1) is 11.3 Å². The zero-order chi connectivity index (χ0) is 21.1. The summed E-state index contributed by atoms with van der Waals surface area (Å²) in [6.07, 6.45) is 0. The molecule has 0 atom stereocenters. The summed E-state index contributed by atoms with van der Waals surface area (Å²) in [4.78, 5) is 39.1. The molecule has 0 fully saturated rings. The Morgan fingerprint density at radius 3 is 2.17 bits per heavy atom. The van der Waals surface area contributed by atoms with Crippen LogP contribution in [0.25, 0.3) is 5.57 Å². The quantitative estimate of drug-likeness (QED) is 0.761. The Kier molecular flexibility index (Phi) is 5.85. The van der Waals surface area contributed by atoms with Gasteiger partial charge in [-0.1, -0.05) is 26.0 Å². The van der Waals surface area contributed by atoms with Crippen molar-refractivity contribution in [2.45, 2.75) is 26.0 Å². The Labute approximate surface area is 173 Å². The minimum Gasteiger partial charge on any atom is -0.326 e. The van der Waals surface area contributed by atoms with Gasteiger partial charge in [0.05, 0.1) is 27.8 Å². The molecule has 2 aromatic carbocycles. The fourth-order valence-electron chi connectivity index (χ4n) is 2.95. The third kappa shape index (κ3) is 4.23. The van der Waals surface area contributed by atoms with Gasteiger partial charge in [-0.25, -0.2) is 4.90 Å². The zero-order valence-corrected chi connectivity index (χ0v) is 17.0. The second-order valence-electron chi connectivity index (χ2n) is 6.73. The molecule has 0 aromatic heterocycles. The highest BCUT2D eigenvalue weighted by Crippen LogP contribution is 2.40. The molecule has 1 N–H and O–H groups in total. The number of carbonyl (C=O) groups excluding carboxylic acids is 3. The van der Waals surface area contributed by atoms with Crippen LogP contribution in [0.4, 0.5) is 11.4 Å². The minimum absolute atomic E-state index is 0.108. The molecule has 3 amide bonds. The first-order chi connectivity index (χ1) is 13.8. The summed E-state index contributed by atoms with van der Waals surface area (Å²) < 4.78 is 0. The van der Waals surface area contributed by atoms with Crippen LogP contribution in [0.3, 0.4) is 0 Å². The highest BCUT2D eigenvalue weighted by atomic mass is 32.2. The lowest BCUT2D eigenvalue weighted by Gasteiger charge is -2.15. The predicted octanol–water partition coefficient (Wildman–Crippen LogP) is 3.94. The van der Waals surface area contributed by atoms with Crippen molar-refractivity contribution >= 4 is 46.4 Å². The number of carbonyl (C=O) groups is 3. The topological polar surface area (TPSA) is 90.3 Å². The average Bonchev–Trinajstić information content (AvgIpc) is 2.91. The number of rotatable bonds is 5. The van der Waals surface area contributed by atoms with Gasteiger partial charge >= 0.3 is 0 Å². The molecule has 0 radical (unpaired) electrons. The molecule has 6 nitrogen and oxygen atoms in total. The van der Waals surface area contributed by atoms with Crippen molar-refractivity contribution in [1.82, 2.24) is 0 Å². The van der Waals surface area contributed by atoms with E-state index in [0.29, 0.717) is 33.0 Å². The molecule has 146 valence electrons. The van der Waals surface area contributed by atoms with Gasteiger partial charge in [0.15, 0.2) is 0 Å².